The molecule has 0 fully saturated rings. The van der Waals surface area contributed by atoms with E-state index in [1.165, 1.54) is 11.8 Å². The van der Waals surface area contributed by atoms with Gasteiger partial charge in [-0.2, -0.15) is 4.68 Å². The van der Waals surface area contributed by atoms with Gasteiger partial charge in [0.05, 0.1) is 20.8 Å². The van der Waals surface area contributed by atoms with Crippen LogP contribution in [-0.4, -0.2) is 46.8 Å². The Labute approximate surface area is 163 Å². The normalized spacial score (nSPS) is 10.6. The minimum Gasteiger partial charge on any atom is -0.497 e. The summed E-state index contributed by atoms with van der Waals surface area (Å²) < 4.78 is 19.0. The lowest BCUT2D eigenvalue weighted by molar-refractivity contribution is 0.343. The summed E-state index contributed by atoms with van der Waals surface area (Å²) in [7, 11) is 3.22. The first-order valence-corrected chi connectivity index (χ1v) is 9.51. The third-order valence-electron chi connectivity index (χ3n) is 3.43. The Morgan fingerprint density at radius 1 is 1.08 bits per heavy atom. The lowest BCUT2D eigenvalue weighted by Gasteiger charge is -2.11. The summed E-state index contributed by atoms with van der Waals surface area (Å²) in [4.78, 5) is 0. The summed E-state index contributed by atoms with van der Waals surface area (Å²) in [5.41, 5.74) is 0.715. The topological polar surface area (TPSA) is 71.3 Å². The van der Waals surface area contributed by atoms with Gasteiger partial charge >= 0.3 is 0 Å². The smallest absolute Gasteiger partial charge is 0.214 e. The van der Waals surface area contributed by atoms with Crippen molar-refractivity contribution in [2.75, 3.05) is 26.6 Å². The molecule has 3 aromatic rings. The highest BCUT2D eigenvalue weighted by Gasteiger charge is 2.14. The second-order valence-corrected chi connectivity index (χ2v) is 7.04. The number of nitrogens with zero attached hydrogens (tertiary/aromatic N) is 4. The molecule has 0 radical (unpaired) electrons. The van der Waals surface area contributed by atoms with E-state index in [1.54, 1.807) is 18.9 Å². The SMILES string of the molecule is COc1ccc(OC)c(-n2nnnc2SCCOc2cccc(Br)c2)c1. The van der Waals surface area contributed by atoms with E-state index in [0.29, 0.717) is 34.7 Å². The molecule has 0 aliphatic heterocycles. The Hall–Kier alpha value is -2.26. The zero-order valence-corrected chi connectivity index (χ0v) is 16.7. The van der Waals surface area contributed by atoms with Gasteiger partial charge in [0.25, 0.3) is 0 Å². The van der Waals surface area contributed by atoms with Crippen LogP contribution in [0.2, 0.25) is 0 Å². The van der Waals surface area contributed by atoms with Crippen LogP contribution in [0, 0.1) is 0 Å². The molecule has 0 atom stereocenters. The third-order valence-corrected chi connectivity index (χ3v) is 4.81. The first-order chi connectivity index (χ1) is 12.7. The number of tetrazole rings is 1. The predicted octanol–water partition coefficient (Wildman–Crippen LogP) is 3.61. The molecule has 0 amide bonds. The molecule has 1 heterocycles. The second-order valence-electron chi connectivity index (χ2n) is 5.07. The predicted molar refractivity (Wildman–Crippen MR) is 103 cm³/mol. The molecular weight excluding hydrogens is 420 g/mol. The number of hydrogen-bond donors (Lipinski definition) is 0. The van der Waals surface area contributed by atoms with Crippen molar-refractivity contribution in [3.05, 3.63) is 46.9 Å². The second kappa shape index (κ2) is 8.91. The van der Waals surface area contributed by atoms with Crippen LogP contribution in [0.15, 0.2) is 52.1 Å². The summed E-state index contributed by atoms with van der Waals surface area (Å²) in [5, 5.41) is 12.6. The van der Waals surface area contributed by atoms with Gasteiger partial charge in [-0.3, -0.25) is 0 Å². The van der Waals surface area contributed by atoms with Gasteiger partial charge < -0.3 is 14.2 Å². The maximum atomic E-state index is 5.74. The van der Waals surface area contributed by atoms with Crippen LogP contribution < -0.4 is 14.2 Å². The van der Waals surface area contributed by atoms with E-state index < -0.39 is 0 Å². The van der Waals surface area contributed by atoms with E-state index in [9.17, 15) is 0 Å². The minimum absolute atomic E-state index is 0.531. The van der Waals surface area contributed by atoms with Crippen molar-refractivity contribution in [1.29, 1.82) is 0 Å². The molecule has 0 spiro atoms. The Bertz CT molecular complexity index is 875. The number of hydrogen-bond acceptors (Lipinski definition) is 7. The van der Waals surface area contributed by atoms with Gasteiger partial charge in [0, 0.05) is 16.3 Å². The van der Waals surface area contributed by atoms with E-state index in [4.69, 9.17) is 14.2 Å². The number of ether oxygens (including phenoxy) is 3. The van der Waals surface area contributed by atoms with Crippen molar-refractivity contribution in [1.82, 2.24) is 20.2 Å². The average Bonchev–Trinajstić information content (AvgIpc) is 3.13. The van der Waals surface area contributed by atoms with Crippen LogP contribution in [0.3, 0.4) is 0 Å². The number of rotatable bonds is 8. The number of thioether (sulfide) groups is 1. The van der Waals surface area contributed by atoms with Crippen molar-refractivity contribution < 1.29 is 14.2 Å². The van der Waals surface area contributed by atoms with E-state index in [0.717, 1.165) is 10.2 Å². The molecule has 0 aliphatic rings. The molecule has 1 aromatic heterocycles. The number of benzene rings is 2. The monoisotopic (exact) mass is 436 g/mol. The van der Waals surface area contributed by atoms with Gasteiger partial charge in [-0.15, -0.1) is 5.10 Å². The van der Waals surface area contributed by atoms with Crippen molar-refractivity contribution >= 4 is 27.7 Å². The fourth-order valence-electron chi connectivity index (χ4n) is 2.23. The molecule has 0 bridgehead atoms. The Kier molecular flexibility index (Phi) is 6.35. The highest BCUT2D eigenvalue weighted by atomic mass is 79.9. The van der Waals surface area contributed by atoms with E-state index >= 15 is 0 Å². The van der Waals surface area contributed by atoms with Gasteiger partial charge in [0.2, 0.25) is 5.16 Å². The van der Waals surface area contributed by atoms with Crippen LogP contribution in [0.4, 0.5) is 0 Å². The Morgan fingerprint density at radius 2 is 1.96 bits per heavy atom. The van der Waals surface area contributed by atoms with Gasteiger partial charge in [-0.25, -0.2) is 0 Å². The molecule has 9 heteroatoms. The largest absolute Gasteiger partial charge is 0.497 e. The van der Waals surface area contributed by atoms with Crippen molar-refractivity contribution in [2.24, 2.45) is 0 Å². The molecule has 3 rings (SSSR count). The Balaban J connectivity index is 1.67. The number of methoxy groups -OCH3 is 2. The maximum Gasteiger partial charge on any atom is 0.214 e. The van der Waals surface area contributed by atoms with E-state index in [2.05, 4.69) is 31.5 Å². The molecular formula is C17H17BrN4O3S. The summed E-state index contributed by atoms with van der Waals surface area (Å²) in [5.74, 6) is 2.86. The summed E-state index contributed by atoms with van der Waals surface area (Å²) in [6.07, 6.45) is 0. The highest BCUT2D eigenvalue weighted by Crippen LogP contribution is 2.29. The molecule has 0 N–H and O–H groups in total. The van der Waals surface area contributed by atoms with Gasteiger partial charge in [0.1, 0.15) is 22.9 Å². The van der Waals surface area contributed by atoms with Gasteiger partial charge in [0.15, 0.2) is 0 Å². The van der Waals surface area contributed by atoms with Gasteiger partial charge in [-0.05, 0) is 40.8 Å². The Morgan fingerprint density at radius 3 is 2.73 bits per heavy atom. The molecule has 0 unspecified atom stereocenters. The molecule has 26 heavy (non-hydrogen) atoms. The van der Waals surface area contributed by atoms with Crippen LogP contribution in [0.25, 0.3) is 5.69 Å². The van der Waals surface area contributed by atoms with Crippen LogP contribution in [0.5, 0.6) is 17.2 Å². The standard InChI is InChI=1S/C17H17BrN4O3S/c1-23-13-6-7-16(24-2)15(11-13)22-17(19-20-21-22)26-9-8-25-14-5-3-4-12(18)10-14/h3-7,10-11H,8-9H2,1-2H3. The maximum absolute atomic E-state index is 5.74. The fourth-order valence-corrected chi connectivity index (χ4v) is 3.31. The first-order valence-electron chi connectivity index (χ1n) is 7.73. The van der Waals surface area contributed by atoms with Crippen molar-refractivity contribution in [3.63, 3.8) is 0 Å². The molecule has 0 saturated carbocycles. The number of halogens is 1. The lowest BCUT2D eigenvalue weighted by atomic mass is 10.3. The quantitative estimate of drug-likeness (QED) is 0.394. The van der Waals surface area contributed by atoms with E-state index in [1.807, 2.05) is 42.5 Å². The molecule has 0 saturated heterocycles. The minimum atomic E-state index is 0.531. The third kappa shape index (κ3) is 4.47. The summed E-state index contributed by atoms with van der Waals surface area (Å²) in [6.45, 7) is 0.531. The summed E-state index contributed by atoms with van der Waals surface area (Å²) in [6, 6.07) is 13.2. The average molecular weight is 437 g/mol. The zero-order valence-electron chi connectivity index (χ0n) is 14.3. The first kappa shape index (κ1) is 18.5. The number of aromatic nitrogens is 4. The van der Waals surface area contributed by atoms with Crippen molar-refractivity contribution in [2.45, 2.75) is 5.16 Å². The van der Waals surface area contributed by atoms with Crippen molar-refractivity contribution in [3.8, 4) is 22.9 Å². The van der Waals surface area contributed by atoms with Gasteiger partial charge in [-0.1, -0.05) is 33.8 Å². The molecule has 0 aliphatic carbocycles. The zero-order chi connectivity index (χ0) is 18.4. The summed E-state index contributed by atoms with van der Waals surface area (Å²) >= 11 is 4.92. The van der Waals surface area contributed by atoms with Crippen LogP contribution in [0.1, 0.15) is 0 Å². The lowest BCUT2D eigenvalue weighted by Crippen LogP contribution is -2.05. The fraction of sp³-hybridized carbons (Fsp3) is 0.235. The van der Waals surface area contributed by atoms with Crippen LogP contribution >= 0.6 is 27.7 Å². The van der Waals surface area contributed by atoms with E-state index in [-0.39, 0.29) is 0 Å². The molecule has 2 aromatic carbocycles. The van der Waals surface area contributed by atoms with Crippen LogP contribution in [-0.2, 0) is 0 Å². The molecule has 136 valence electrons. The molecule has 7 nitrogen and oxygen atoms in total. The highest BCUT2D eigenvalue weighted by molar-refractivity contribution is 9.10.